The van der Waals surface area contributed by atoms with Crippen LogP contribution in [0, 0.1) is 0 Å². The molecule has 2 aliphatic heterocycles. The summed E-state index contributed by atoms with van der Waals surface area (Å²) in [4.78, 5) is 8.82. The van der Waals surface area contributed by atoms with Crippen molar-refractivity contribution < 1.29 is 0 Å². The number of guanidine groups is 2. The fourth-order valence-corrected chi connectivity index (χ4v) is 2.97. The van der Waals surface area contributed by atoms with E-state index in [9.17, 15) is 0 Å². The molecule has 6 nitrogen and oxygen atoms in total. The van der Waals surface area contributed by atoms with E-state index >= 15 is 0 Å². The quantitative estimate of drug-likeness (QED) is 0.521. The van der Waals surface area contributed by atoms with E-state index in [2.05, 4.69) is 31.3 Å². The van der Waals surface area contributed by atoms with Crippen molar-refractivity contribution >= 4 is 11.9 Å². The van der Waals surface area contributed by atoms with Gasteiger partial charge in [-0.1, -0.05) is 0 Å². The molecule has 2 heterocycles. The number of nitrogens with zero attached hydrogens (tertiary/aromatic N) is 2. The van der Waals surface area contributed by atoms with Gasteiger partial charge in [0, 0.05) is 25.2 Å². The number of rotatable bonds is 2. The first-order valence-corrected chi connectivity index (χ1v) is 7.50. The summed E-state index contributed by atoms with van der Waals surface area (Å²) in [5, 5.41) is 13.7. The van der Waals surface area contributed by atoms with Crippen LogP contribution in [0.5, 0.6) is 0 Å². The molecule has 1 fully saturated rings. The lowest BCUT2D eigenvalue weighted by Gasteiger charge is -2.19. The van der Waals surface area contributed by atoms with Crippen LogP contribution in [0.15, 0.2) is 9.98 Å². The Morgan fingerprint density at radius 3 is 1.74 bits per heavy atom. The van der Waals surface area contributed by atoms with E-state index in [0.29, 0.717) is 12.1 Å². The molecule has 3 rings (SSSR count). The normalized spacial score (nSPS) is 30.7. The maximum atomic E-state index is 4.41. The van der Waals surface area contributed by atoms with E-state index in [-0.39, 0.29) is 0 Å². The summed E-state index contributed by atoms with van der Waals surface area (Å²) >= 11 is 0. The smallest absolute Gasteiger partial charge is 0.191 e. The average Bonchev–Trinajstić information content (AvgIpc) is 3.04. The molecular formula is C13H24N6. The molecule has 1 aliphatic carbocycles. The van der Waals surface area contributed by atoms with Crippen LogP contribution < -0.4 is 21.3 Å². The van der Waals surface area contributed by atoms with Crippen LogP contribution >= 0.6 is 0 Å². The molecule has 0 spiro atoms. The predicted octanol–water partition coefficient (Wildman–Crippen LogP) is -0.215. The molecule has 19 heavy (non-hydrogen) atoms. The molecule has 0 aromatic rings. The van der Waals surface area contributed by atoms with Gasteiger partial charge in [-0.2, -0.15) is 0 Å². The van der Waals surface area contributed by atoms with Crippen molar-refractivity contribution in [1.29, 1.82) is 0 Å². The maximum absolute atomic E-state index is 4.41. The van der Waals surface area contributed by atoms with Gasteiger partial charge in [-0.05, 0) is 32.1 Å². The molecular weight excluding hydrogens is 240 g/mol. The predicted molar refractivity (Wildman–Crippen MR) is 77.5 cm³/mol. The zero-order chi connectivity index (χ0) is 12.9. The van der Waals surface area contributed by atoms with Gasteiger partial charge in [0.25, 0.3) is 0 Å². The van der Waals surface area contributed by atoms with Crippen molar-refractivity contribution in [1.82, 2.24) is 21.3 Å². The Morgan fingerprint density at radius 1 is 0.789 bits per heavy atom. The minimum atomic E-state index is 0.564. The van der Waals surface area contributed by atoms with Crippen LogP contribution in [0.1, 0.15) is 32.1 Å². The molecule has 1 saturated carbocycles. The zero-order valence-electron chi connectivity index (χ0n) is 11.4. The van der Waals surface area contributed by atoms with E-state index in [0.717, 1.165) is 38.1 Å². The molecule has 2 unspecified atom stereocenters. The third-order valence-corrected chi connectivity index (χ3v) is 4.00. The van der Waals surface area contributed by atoms with Crippen molar-refractivity contribution in [3.63, 3.8) is 0 Å². The molecule has 0 bridgehead atoms. The topological polar surface area (TPSA) is 72.8 Å². The van der Waals surface area contributed by atoms with Gasteiger partial charge in [0.15, 0.2) is 11.9 Å². The van der Waals surface area contributed by atoms with Gasteiger partial charge in [-0.25, -0.2) is 0 Å². The fraction of sp³-hybridized carbons (Fsp3) is 0.846. The Morgan fingerprint density at radius 2 is 1.32 bits per heavy atom. The standard InChI is InChI=1S/C13H24N6/c1-2-10(18-12-14-6-7-15-12)4-5-11(3-1)19-13-16-8-9-17-13/h10-11H,1-9H2,(H2,14,15,18)(H2,16,17,19). The lowest BCUT2D eigenvalue weighted by atomic mass is 10.1. The highest BCUT2D eigenvalue weighted by Gasteiger charge is 2.21. The van der Waals surface area contributed by atoms with Gasteiger partial charge in [-0.15, -0.1) is 0 Å². The Balaban J connectivity index is 1.45. The summed E-state index contributed by atoms with van der Waals surface area (Å²) in [6.07, 6.45) is 6.13. The highest BCUT2D eigenvalue weighted by molar-refractivity contribution is 5.82. The van der Waals surface area contributed by atoms with Crippen LogP contribution in [0.2, 0.25) is 0 Å². The van der Waals surface area contributed by atoms with E-state index in [1.165, 1.54) is 32.1 Å². The minimum Gasteiger partial charge on any atom is -0.355 e. The van der Waals surface area contributed by atoms with E-state index < -0.39 is 0 Å². The van der Waals surface area contributed by atoms with Crippen molar-refractivity contribution in [3.05, 3.63) is 0 Å². The average molecular weight is 264 g/mol. The second-order valence-corrected chi connectivity index (χ2v) is 5.50. The Labute approximate surface area is 114 Å². The molecule has 2 atom stereocenters. The lowest BCUT2D eigenvalue weighted by molar-refractivity contribution is 0.505. The van der Waals surface area contributed by atoms with Crippen LogP contribution in [0.4, 0.5) is 0 Å². The van der Waals surface area contributed by atoms with Crippen molar-refractivity contribution in [2.75, 3.05) is 26.2 Å². The first-order chi connectivity index (χ1) is 9.40. The summed E-state index contributed by atoms with van der Waals surface area (Å²) in [6, 6.07) is 1.13. The lowest BCUT2D eigenvalue weighted by Crippen LogP contribution is -2.42. The van der Waals surface area contributed by atoms with Crippen LogP contribution in [0.25, 0.3) is 0 Å². The second kappa shape index (κ2) is 6.12. The molecule has 0 amide bonds. The zero-order valence-corrected chi connectivity index (χ0v) is 11.4. The molecule has 4 N–H and O–H groups in total. The van der Waals surface area contributed by atoms with Gasteiger partial charge in [0.1, 0.15) is 0 Å². The monoisotopic (exact) mass is 264 g/mol. The molecule has 0 radical (unpaired) electrons. The van der Waals surface area contributed by atoms with Crippen LogP contribution in [-0.2, 0) is 0 Å². The number of aliphatic imine (C=N–C) groups is 2. The SMILES string of the molecule is C1CC(NC2=NCCN2)CCC(NC2=NCCN2)C1. The van der Waals surface area contributed by atoms with Gasteiger partial charge in [0.05, 0.1) is 13.1 Å². The summed E-state index contributed by atoms with van der Waals surface area (Å²) in [6.45, 7) is 3.77. The van der Waals surface area contributed by atoms with Gasteiger partial charge < -0.3 is 21.3 Å². The van der Waals surface area contributed by atoms with Crippen molar-refractivity contribution in [3.8, 4) is 0 Å². The maximum Gasteiger partial charge on any atom is 0.191 e. The molecule has 0 saturated heterocycles. The first kappa shape index (κ1) is 12.6. The Bertz CT molecular complexity index is 330. The summed E-state index contributed by atoms with van der Waals surface area (Å²) in [5.74, 6) is 2.00. The van der Waals surface area contributed by atoms with E-state index in [1.807, 2.05) is 0 Å². The van der Waals surface area contributed by atoms with Crippen molar-refractivity contribution in [2.45, 2.75) is 44.2 Å². The summed E-state index contributed by atoms with van der Waals surface area (Å²) in [7, 11) is 0. The minimum absolute atomic E-state index is 0.564. The largest absolute Gasteiger partial charge is 0.355 e. The summed E-state index contributed by atoms with van der Waals surface area (Å²) < 4.78 is 0. The number of nitrogens with one attached hydrogen (secondary N) is 4. The van der Waals surface area contributed by atoms with Crippen LogP contribution in [-0.4, -0.2) is 50.2 Å². The fourth-order valence-electron chi connectivity index (χ4n) is 2.97. The molecule has 0 aromatic heterocycles. The third kappa shape index (κ3) is 3.52. The van der Waals surface area contributed by atoms with Crippen molar-refractivity contribution in [2.24, 2.45) is 9.98 Å². The Hall–Kier alpha value is -1.46. The van der Waals surface area contributed by atoms with Gasteiger partial charge >= 0.3 is 0 Å². The highest BCUT2D eigenvalue weighted by atomic mass is 15.2. The van der Waals surface area contributed by atoms with Crippen LogP contribution in [0.3, 0.4) is 0 Å². The Kier molecular flexibility index (Phi) is 4.05. The number of hydrogen-bond donors (Lipinski definition) is 4. The molecule has 6 heteroatoms. The van der Waals surface area contributed by atoms with Gasteiger partial charge in [-0.3, -0.25) is 9.98 Å². The number of hydrogen-bond acceptors (Lipinski definition) is 6. The molecule has 0 aromatic carbocycles. The van der Waals surface area contributed by atoms with Gasteiger partial charge in [0.2, 0.25) is 0 Å². The van der Waals surface area contributed by atoms with E-state index in [4.69, 9.17) is 0 Å². The summed E-state index contributed by atoms with van der Waals surface area (Å²) in [5.41, 5.74) is 0. The second-order valence-electron chi connectivity index (χ2n) is 5.50. The van der Waals surface area contributed by atoms with E-state index in [1.54, 1.807) is 0 Å². The highest BCUT2D eigenvalue weighted by Crippen LogP contribution is 2.18. The first-order valence-electron chi connectivity index (χ1n) is 7.50. The molecule has 3 aliphatic rings. The molecule has 106 valence electrons. The third-order valence-electron chi connectivity index (χ3n) is 4.00.